The van der Waals surface area contributed by atoms with Crippen LogP contribution in [0.1, 0.15) is 27.7 Å². The van der Waals surface area contributed by atoms with E-state index in [2.05, 4.69) is 45.9 Å². The molecule has 0 aromatic heterocycles. The maximum atomic E-state index is 10.2. The summed E-state index contributed by atoms with van der Waals surface area (Å²) in [5.41, 5.74) is 5.77. The molecule has 2 aliphatic rings. The highest BCUT2D eigenvalue weighted by molar-refractivity contribution is 5.86. The molecule has 0 saturated heterocycles. The summed E-state index contributed by atoms with van der Waals surface area (Å²) in [6.45, 7) is 8.53. The van der Waals surface area contributed by atoms with E-state index < -0.39 is 0 Å². The van der Waals surface area contributed by atoms with Crippen LogP contribution in [0.4, 0.5) is 0 Å². The van der Waals surface area contributed by atoms with Crippen molar-refractivity contribution in [2.24, 2.45) is 5.92 Å². The summed E-state index contributed by atoms with van der Waals surface area (Å²) < 4.78 is 0. The standard InChI is InChI=1S/C21H22O2/c1-12(2)15-7-5-14(4)21-18(9-15)13(3)6-8-17-19(21)10-16(22)11-20(17)23/h5-12,22-23H,1-4H3. The first-order chi connectivity index (χ1) is 10.9. The molecule has 0 atom stereocenters. The molecule has 0 amide bonds. The number of fused-ring (bicyclic) bond motifs is 2. The van der Waals surface area contributed by atoms with Gasteiger partial charge in [0.2, 0.25) is 0 Å². The van der Waals surface area contributed by atoms with Gasteiger partial charge in [0.1, 0.15) is 11.5 Å². The molecule has 1 aromatic rings. The maximum Gasteiger partial charge on any atom is 0.127 e. The van der Waals surface area contributed by atoms with Gasteiger partial charge in [0.15, 0.2) is 0 Å². The van der Waals surface area contributed by atoms with Crippen LogP contribution < -0.4 is 10.4 Å². The van der Waals surface area contributed by atoms with Crippen LogP contribution in [0.25, 0.3) is 11.6 Å². The SMILES string of the molecule is CC1=CC=c2c(O)cc(O)cc2=C2C(C)=CC=C(C(C)C)C=C12. The van der Waals surface area contributed by atoms with Gasteiger partial charge in [-0.3, -0.25) is 0 Å². The van der Waals surface area contributed by atoms with E-state index >= 15 is 0 Å². The van der Waals surface area contributed by atoms with Crippen molar-refractivity contribution >= 4 is 11.6 Å². The van der Waals surface area contributed by atoms with Gasteiger partial charge >= 0.3 is 0 Å². The highest BCUT2D eigenvalue weighted by Gasteiger charge is 2.17. The Bertz CT molecular complexity index is 919. The molecule has 0 heterocycles. The molecule has 2 N–H and O–H groups in total. The van der Waals surface area contributed by atoms with Crippen LogP contribution in [-0.2, 0) is 0 Å². The Morgan fingerprint density at radius 2 is 1.57 bits per heavy atom. The summed E-state index contributed by atoms with van der Waals surface area (Å²) in [6.07, 6.45) is 10.5. The molecule has 0 saturated carbocycles. The summed E-state index contributed by atoms with van der Waals surface area (Å²) in [5, 5.41) is 21.8. The first-order valence-corrected chi connectivity index (χ1v) is 7.94. The Balaban J connectivity index is 2.49. The summed E-state index contributed by atoms with van der Waals surface area (Å²) in [6, 6.07) is 3.13. The second kappa shape index (κ2) is 5.62. The minimum Gasteiger partial charge on any atom is -0.508 e. The molecule has 2 aliphatic carbocycles. The smallest absolute Gasteiger partial charge is 0.127 e. The van der Waals surface area contributed by atoms with Crippen LogP contribution in [0, 0.1) is 5.92 Å². The van der Waals surface area contributed by atoms with Crippen LogP contribution in [0.3, 0.4) is 0 Å². The van der Waals surface area contributed by atoms with E-state index in [1.165, 1.54) is 11.6 Å². The molecular formula is C21H22O2. The molecule has 2 nitrogen and oxygen atoms in total. The van der Waals surface area contributed by atoms with Crippen molar-refractivity contribution in [2.45, 2.75) is 27.7 Å². The first-order valence-electron chi connectivity index (χ1n) is 7.94. The first kappa shape index (κ1) is 15.4. The van der Waals surface area contributed by atoms with Crippen LogP contribution in [0.15, 0.2) is 58.7 Å². The Labute approximate surface area is 136 Å². The molecule has 0 radical (unpaired) electrons. The normalized spacial score (nSPS) is 17.0. The van der Waals surface area contributed by atoms with Crippen molar-refractivity contribution in [1.82, 2.24) is 0 Å². The summed E-state index contributed by atoms with van der Waals surface area (Å²) in [4.78, 5) is 0. The molecular weight excluding hydrogens is 284 g/mol. The third-order valence-electron chi connectivity index (χ3n) is 4.50. The van der Waals surface area contributed by atoms with Crippen LogP contribution >= 0.6 is 0 Å². The van der Waals surface area contributed by atoms with Crippen LogP contribution in [0.5, 0.6) is 11.5 Å². The average molecular weight is 306 g/mol. The molecule has 0 spiro atoms. The van der Waals surface area contributed by atoms with Gasteiger partial charge in [-0.15, -0.1) is 0 Å². The van der Waals surface area contributed by atoms with Crippen LogP contribution in [0.2, 0.25) is 0 Å². The lowest BCUT2D eigenvalue weighted by Gasteiger charge is -2.14. The number of phenolic OH excluding ortho intramolecular Hbond substituents is 2. The lowest BCUT2D eigenvalue weighted by Crippen LogP contribution is -2.27. The van der Waals surface area contributed by atoms with Crippen molar-refractivity contribution in [1.29, 1.82) is 0 Å². The van der Waals surface area contributed by atoms with Gasteiger partial charge in [0.05, 0.1) is 0 Å². The number of allylic oxidation sites excluding steroid dienone is 8. The van der Waals surface area contributed by atoms with Gasteiger partial charge in [0.25, 0.3) is 0 Å². The molecule has 23 heavy (non-hydrogen) atoms. The minimum atomic E-state index is 0.0788. The van der Waals surface area contributed by atoms with Crippen molar-refractivity contribution in [3.05, 3.63) is 69.2 Å². The Kier molecular flexibility index (Phi) is 3.77. The summed E-state index contributed by atoms with van der Waals surface area (Å²) >= 11 is 0. The largest absolute Gasteiger partial charge is 0.508 e. The lowest BCUT2D eigenvalue weighted by molar-refractivity contribution is 0.446. The number of hydrogen-bond donors (Lipinski definition) is 2. The molecule has 0 fully saturated rings. The third kappa shape index (κ3) is 2.65. The fourth-order valence-corrected chi connectivity index (χ4v) is 3.13. The van der Waals surface area contributed by atoms with Crippen molar-refractivity contribution in [3.63, 3.8) is 0 Å². The predicted molar refractivity (Wildman–Crippen MR) is 95.4 cm³/mol. The van der Waals surface area contributed by atoms with Crippen LogP contribution in [-0.4, -0.2) is 10.2 Å². The molecule has 3 rings (SSSR count). The molecule has 2 heteroatoms. The van der Waals surface area contributed by atoms with Crippen molar-refractivity contribution in [3.8, 4) is 11.5 Å². The van der Waals surface area contributed by atoms with E-state index in [1.54, 1.807) is 6.07 Å². The lowest BCUT2D eigenvalue weighted by atomic mass is 9.90. The third-order valence-corrected chi connectivity index (χ3v) is 4.50. The van der Waals surface area contributed by atoms with Gasteiger partial charge in [-0.05, 0) is 58.9 Å². The maximum absolute atomic E-state index is 10.2. The van der Waals surface area contributed by atoms with E-state index in [1.807, 2.05) is 12.2 Å². The van der Waals surface area contributed by atoms with Gasteiger partial charge < -0.3 is 10.2 Å². The van der Waals surface area contributed by atoms with E-state index in [0.717, 1.165) is 32.7 Å². The van der Waals surface area contributed by atoms with E-state index in [0.29, 0.717) is 5.92 Å². The number of rotatable bonds is 1. The number of aromatic hydroxyl groups is 2. The topological polar surface area (TPSA) is 40.5 Å². The molecule has 0 bridgehead atoms. The Hall–Kier alpha value is -2.48. The second-order valence-electron chi connectivity index (χ2n) is 6.55. The van der Waals surface area contributed by atoms with Gasteiger partial charge in [-0.25, -0.2) is 0 Å². The quantitative estimate of drug-likeness (QED) is 0.834. The summed E-state index contributed by atoms with van der Waals surface area (Å²) in [7, 11) is 0. The fourth-order valence-electron chi connectivity index (χ4n) is 3.13. The minimum absolute atomic E-state index is 0.0788. The molecule has 0 aliphatic heterocycles. The van der Waals surface area contributed by atoms with Crippen molar-refractivity contribution < 1.29 is 10.2 Å². The van der Waals surface area contributed by atoms with Gasteiger partial charge in [-0.2, -0.15) is 0 Å². The molecule has 1 aromatic carbocycles. The Morgan fingerprint density at radius 1 is 0.870 bits per heavy atom. The van der Waals surface area contributed by atoms with Gasteiger partial charge in [0, 0.05) is 11.3 Å². The fraction of sp³-hybridized carbons (Fsp3) is 0.238. The molecule has 118 valence electrons. The van der Waals surface area contributed by atoms with E-state index in [-0.39, 0.29) is 11.5 Å². The monoisotopic (exact) mass is 306 g/mol. The molecule has 0 unspecified atom stereocenters. The average Bonchev–Trinajstić information content (AvgIpc) is 2.72. The number of phenols is 2. The van der Waals surface area contributed by atoms with Gasteiger partial charge in [-0.1, -0.05) is 44.2 Å². The highest BCUT2D eigenvalue weighted by atomic mass is 16.3. The zero-order valence-electron chi connectivity index (χ0n) is 14.0. The van der Waals surface area contributed by atoms with E-state index in [4.69, 9.17) is 0 Å². The second-order valence-corrected chi connectivity index (χ2v) is 6.55. The van der Waals surface area contributed by atoms with Crippen molar-refractivity contribution in [2.75, 3.05) is 0 Å². The van der Waals surface area contributed by atoms with E-state index in [9.17, 15) is 10.2 Å². The number of hydrogen-bond acceptors (Lipinski definition) is 2. The number of benzene rings is 1. The summed E-state index contributed by atoms with van der Waals surface area (Å²) in [5.74, 6) is 0.616. The zero-order valence-corrected chi connectivity index (χ0v) is 14.0. The highest BCUT2D eigenvalue weighted by Crippen LogP contribution is 2.32. The Morgan fingerprint density at radius 3 is 2.26 bits per heavy atom. The predicted octanol–water partition coefficient (Wildman–Crippen LogP) is 3.46. The zero-order chi connectivity index (χ0) is 16.7.